The molecule has 0 bridgehead atoms. The molecule has 0 unspecified atom stereocenters. The number of terminal acetylenes is 1. The summed E-state index contributed by atoms with van der Waals surface area (Å²) in [6.07, 6.45) is 16.6. The first kappa shape index (κ1) is 87.2. The van der Waals surface area contributed by atoms with E-state index in [0.717, 1.165) is 194 Å². The van der Waals surface area contributed by atoms with Crippen LogP contribution in [0.5, 0.6) is 0 Å². The van der Waals surface area contributed by atoms with Gasteiger partial charge in [0.2, 0.25) is 11.8 Å². The summed E-state index contributed by atoms with van der Waals surface area (Å²) in [6.45, 7) is 23.9. The molecule has 5 aromatic heterocycles. The van der Waals surface area contributed by atoms with Crippen molar-refractivity contribution in [1.82, 2.24) is 54.1 Å². The van der Waals surface area contributed by atoms with Gasteiger partial charge < -0.3 is 19.8 Å². The number of benzene rings is 7. The summed E-state index contributed by atoms with van der Waals surface area (Å²) in [5.41, 5.74) is 6.96. The van der Waals surface area contributed by atoms with Crippen LogP contribution in [0.15, 0.2) is 179 Å². The van der Waals surface area contributed by atoms with E-state index < -0.39 is 0 Å². The van der Waals surface area contributed by atoms with Crippen LogP contribution in [-0.4, -0.2) is 198 Å². The largest absolute Gasteiger partial charge is 0.392 e. The fraction of sp³-hybridized carbons (Fsp3) is 0.424. The van der Waals surface area contributed by atoms with Crippen molar-refractivity contribution in [2.45, 2.75) is 147 Å². The Labute approximate surface area is 732 Å². The number of aliphatic hydroxyl groups is 1. The van der Waals surface area contributed by atoms with Gasteiger partial charge in [-0.15, -0.1) is 29.9 Å². The molecule has 5 saturated heterocycles. The number of aryl methyl sites for hydroxylation is 4. The highest BCUT2D eigenvalue weighted by molar-refractivity contribution is 8.00. The Bertz CT molecular complexity index is 6040. The number of aromatic nitrogens is 5. The minimum atomic E-state index is -0.236. The van der Waals surface area contributed by atoms with Crippen molar-refractivity contribution in [3.63, 3.8) is 0 Å². The molecule has 1 atom stereocenters. The number of fused-ring (bicyclic) bond motifs is 7. The predicted molar refractivity (Wildman–Crippen MR) is 495 cm³/mol. The molecule has 121 heavy (non-hydrogen) atoms. The third-order valence-electron chi connectivity index (χ3n) is 23.3. The zero-order chi connectivity index (χ0) is 84.4. The number of piperazine rings is 2. The number of amides is 2. The molecule has 2 aliphatic carbocycles. The number of β-amino-alcohol motifs (C(OH)–C–C–N with tert-alkyl or cyclic N) is 1. The van der Waals surface area contributed by atoms with Gasteiger partial charge >= 0.3 is 0 Å². The summed E-state index contributed by atoms with van der Waals surface area (Å²) in [5, 5.41) is 13.5. The molecular weight excluding hydrogens is 1660 g/mol. The van der Waals surface area contributed by atoms with Crippen molar-refractivity contribution in [1.29, 1.82) is 0 Å². The number of likely N-dealkylation sites (tertiary alicyclic amines) is 3. The van der Waals surface area contributed by atoms with Crippen LogP contribution in [0.4, 0.5) is 0 Å². The number of aliphatic hydroxyl groups excluding tert-OH is 1. The van der Waals surface area contributed by atoms with E-state index in [4.69, 9.17) is 6.42 Å². The summed E-state index contributed by atoms with van der Waals surface area (Å²) < 4.78 is 14.2. The first-order valence-electron chi connectivity index (χ1n) is 42.0. The lowest BCUT2D eigenvalue weighted by molar-refractivity contribution is -0.135. The monoisotopic (exact) mass is 1760 g/mol. The zero-order valence-electron chi connectivity index (χ0n) is 69.0. The SMILES string of the molecule is C#CCn1sc2ccccc2c1=O.Cc1ccc2c(=O)n(CN3CCN(C(=O)C4CC4)CC3)sc2c1.Cc1ccc2c(c1)C(=O)CS2.Cc1ccc2c(c1)SCC2=O.Cc1ccc2sn(CN3CCN(C(=O)C4CC4)CC3)c(=O)c2c1.O=c1c2ccccc2sn1CN1CCC(N2CCCCC2)CC1.O=c1c2ccccc2sn1CN1CC[C@@H](O)C1. The molecule has 12 heterocycles. The number of hydrogen-bond donors (Lipinski definition) is 1. The Balaban J connectivity index is 0.000000112. The zero-order valence-corrected chi connectivity index (χ0v) is 74.7. The molecule has 2 saturated carbocycles. The van der Waals surface area contributed by atoms with E-state index in [0.29, 0.717) is 68.3 Å². The van der Waals surface area contributed by atoms with Crippen molar-refractivity contribution >= 4 is 155 Å². The number of ketones is 2. The Morgan fingerprint density at radius 3 is 1.30 bits per heavy atom. The molecule has 12 aromatic rings. The van der Waals surface area contributed by atoms with Crippen LogP contribution in [0.25, 0.3) is 50.4 Å². The summed E-state index contributed by atoms with van der Waals surface area (Å²) in [4.78, 5) is 126. The van der Waals surface area contributed by atoms with Gasteiger partial charge in [-0.2, -0.15) is 0 Å². The molecule has 7 fully saturated rings. The molecule has 0 spiro atoms. The third kappa shape index (κ3) is 21.9. The quantitative estimate of drug-likeness (QED) is 0.112. The van der Waals surface area contributed by atoms with Gasteiger partial charge in [-0.3, -0.25) is 66.7 Å². The second kappa shape index (κ2) is 40.3. The van der Waals surface area contributed by atoms with E-state index >= 15 is 0 Å². The summed E-state index contributed by atoms with van der Waals surface area (Å²) in [5.74, 6) is 5.51. The van der Waals surface area contributed by atoms with Crippen molar-refractivity contribution in [3.8, 4) is 12.3 Å². The maximum Gasteiger partial charge on any atom is 0.269 e. The molecule has 0 radical (unpaired) electrons. The summed E-state index contributed by atoms with van der Waals surface area (Å²) in [6, 6.07) is 48.0. The van der Waals surface area contributed by atoms with E-state index in [2.05, 4.69) is 42.6 Å². The number of hydrogen-bond acceptors (Lipinski definition) is 22. The topological polar surface area (TPSA) is 221 Å². The lowest BCUT2D eigenvalue weighted by Crippen LogP contribution is -2.49. The van der Waals surface area contributed by atoms with E-state index in [-0.39, 0.29) is 45.5 Å². The van der Waals surface area contributed by atoms with E-state index in [9.17, 15) is 48.3 Å². The van der Waals surface area contributed by atoms with E-state index in [1.54, 1.807) is 43.0 Å². The maximum atomic E-state index is 12.5. The second-order valence-corrected chi connectivity index (χ2v) is 40.0. The summed E-state index contributed by atoms with van der Waals surface area (Å²) >= 11 is 10.8. The number of Topliss-reactive ketones (excluding diaryl/α,β-unsaturated/α-hetero) is 2. The Hall–Kier alpha value is -8.71. The number of carbonyl (C=O) groups excluding carboxylic acids is 4. The predicted octanol–water partition coefficient (Wildman–Crippen LogP) is 14.1. The van der Waals surface area contributed by atoms with Crippen molar-refractivity contribution < 1.29 is 24.3 Å². The molecule has 1 N–H and O–H groups in total. The number of thioether (sulfide) groups is 2. The molecule has 29 heteroatoms. The van der Waals surface area contributed by atoms with Crippen LogP contribution in [0, 0.1) is 51.9 Å². The third-order valence-corrected chi connectivity index (χ3v) is 30.7. The summed E-state index contributed by atoms with van der Waals surface area (Å²) in [7, 11) is 0. The number of rotatable bonds is 12. The lowest BCUT2D eigenvalue weighted by Gasteiger charge is -2.40. The fourth-order valence-electron chi connectivity index (χ4n) is 16.2. The molecule has 7 aliphatic heterocycles. The molecule has 9 aliphatic rings. The van der Waals surface area contributed by atoms with Gasteiger partial charge in [0.05, 0.1) is 101 Å². The first-order valence-corrected chi connectivity index (χ1v) is 47.8. The van der Waals surface area contributed by atoms with Gasteiger partial charge in [0.25, 0.3) is 27.8 Å². The van der Waals surface area contributed by atoms with Gasteiger partial charge in [0, 0.05) is 117 Å². The van der Waals surface area contributed by atoms with Crippen molar-refractivity contribution in [2.24, 2.45) is 11.8 Å². The van der Waals surface area contributed by atoms with Crippen LogP contribution in [0.2, 0.25) is 0 Å². The Morgan fingerprint density at radius 1 is 0.380 bits per heavy atom. The van der Waals surface area contributed by atoms with Crippen LogP contribution in [0.1, 0.15) is 107 Å². The maximum absolute atomic E-state index is 12.5. The number of nitrogens with zero attached hydrogens (tertiary/aromatic N) is 12. The smallest absolute Gasteiger partial charge is 0.269 e. The van der Waals surface area contributed by atoms with Gasteiger partial charge in [0.1, 0.15) is 0 Å². The van der Waals surface area contributed by atoms with Gasteiger partial charge in [-0.25, -0.2) is 15.8 Å². The highest BCUT2D eigenvalue weighted by Crippen LogP contribution is 2.35. The average Bonchev–Trinajstić information content (AvgIpc) is 1.63. The standard InChI is InChI=1S/C18H25N3OS.2C17H21N3O2S.C12H14N2O2S.C10H7NOS.2C9H8OS/c22-18-16-6-2-3-7-17(16)23-21(18)14-19-12-8-15(9-13-19)20-10-4-1-5-11-20;1-12-2-5-15-14(10-12)17(22)20(23-15)11-18-6-8-19(9-7-18)16(21)13-3-4-13;1-12-2-5-14-15(10-12)23-20(17(14)22)11-18-6-8-19(9-7-18)16(21)13-3-4-13;15-9-5-6-13(7-9)8-14-12(16)10-3-1-2-4-11(10)17-14;1-2-7-11-10(12)8-5-3-4-6-9(8)13-11;1-6-2-3-9-7(4-6)8(10)5-11-9;1-6-2-3-7-8(10)5-11-9(7)4-6/h2-3,6-7,15H,1,4-5,8-14H2;2*2,5,10,13H,3-4,6-9,11H2,1H3;1-4,9,15H,5-8H2;1,3-6H,7H2;2*2-4H,5H2,1H3/t;;;9-;;;/m...1.../s1. The molecule has 21 rings (SSSR count). The second-order valence-electron chi connectivity index (χ2n) is 32.6. The fourth-order valence-corrected chi connectivity index (χ4v) is 23.3. The van der Waals surface area contributed by atoms with Crippen LogP contribution >= 0.6 is 81.2 Å². The van der Waals surface area contributed by atoms with Crippen LogP contribution in [0.3, 0.4) is 0 Å². The van der Waals surface area contributed by atoms with E-state index in [1.165, 1.54) is 108 Å². The molecular formula is C92H104N12O10S7. The number of carbonyl (C=O) groups is 4. The Kier molecular flexibility index (Phi) is 29.0. The van der Waals surface area contributed by atoms with Gasteiger partial charge in [-0.05, 0) is 195 Å². The van der Waals surface area contributed by atoms with Crippen LogP contribution in [-0.2, 0) is 42.8 Å². The minimum Gasteiger partial charge on any atom is -0.392 e. The Morgan fingerprint density at radius 2 is 0.785 bits per heavy atom. The van der Waals surface area contributed by atoms with Crippen molar-refractivity contribution in [2.75, 3.05) is 103 Å². The van der Waals surface area contributed by atoms with Crippen molar-refractivity contribution in [3.05, 3.63) is 231 Å². The lowest BCUT2D eigenvalue weighted by atomic mass is 10.0. The molecule has 634 valence electrons. The molecule has 22 nitrogen and oxygen atoms in total. The minimum absolute atomic E-state index is 0.0125. The number of piperidine rings is 2. The van der Waals surface area contributed by atoms with Gasteiger partial charge in [-0.1, -0.05) is 142 Å². The van der Waals surface area contributed by atoms with Gasteiger partial charge in [0.15, 0.2) is 11.6 Å². The first-order chi connectivity index (χ1) is 58.6. The molecule has 7 aromatic carbocycles. The highest BCUT2D eigenvalue weighted by Gasteiger charge is 2.37. The van der Waals surface area contributed by atoms with Crippen LogP contribution < -0.4 is 27.8 Å². The highest BCUT2D eigenvalue weighted by atomic mass is 32.2. The molecule has 2 amide bonds. The van der Waals surface area contributed by atoms with E-state index in [1.807, 2.05) is 183 Å². The normalized spacial score (nSPS) is 18.4. The average molecular weight is 1760 g/mol.